The van der Waals surface area contributed by atoms with Gasteiger partial charge in [-0.05, 0) is 26.9 Å². The second-order valence-corrected chi connectivity index (χ2v) is 3.15. The third-order valence-electron chi connectivity index (χ3n) is 1.97. The van der Waals surface area contributed by atoms with E-state index in [1.54, 1.807) is 0 Å². The minimum Gasteiger partial charge on any atom is -0.306 e. The maximum Gasteiger partial charge on any atom is 0.120 e. The molecule has 0 aliphatic carbocycles. The van der Waals surface area contributed by atoms with Crippen LogP contribution in [0.15, 0.2) is 0 Å². The molecule has 66 valence electrons. The zero-order valence-electron chi connectivity index (χ0n) is 7.84. The van der Waals surface area contributed by atoms with Gasteiger partial charge in [0, 0.05) is 12.5 Å². The molecule has 0 fully saturated rings. The number of carbonyl (C=O) groups is 1. The minimum atomic E-state index is 0.588. The lowest BCUT2D eigenvalue weighted by Crippen LogP contribution is -2.27. The summed E-state index contributed by atoms with van der Waals surface area (Å²) < 4.78 is 0. The van der Waals surface area contributed by atoms with Gasteiger partial charge in [0.15, 0.2) is 0 Å². The predicted octanol–water partition coefficient (Wildman–Crippen LogP) is 1.70. The van der Waals surface area contributed by atoms with Gasteiger partial charge in [-0.1, -0.05) is 13.3 Å². The molecule has 0 N–H and O–H groups in total. The van der Waals surface area contributed by atoms with E-state index in [1.807, 2.05) is 0 Å². The Morgan fingerprint density at radius 2 is 2.00 bits per heavy atom. The van der Waals surface area contributed by atoms with Crippen LogP contribution in [0.5, 0.6) is 0 Å². The van der Waals surface area contributed by atoms with E-state index in [9.17, 15) is 4.79 Å². The second-order valence-electron chi connectivity index (χ2n) is 3.15. The molecular weight excluding hydrogens is 138 g/mol. The van der Waals surface area contributed by atoms with Gasteiger partial charge in [-0.15, -0.1) is 0 Å². The summed E-state index contributed by atoms with van der Waals surface area (Å²) in [4.78, 5) is 12.3. The number of hydrogen-bond donors (Lipinski definition) is 0. The Bertz CT molecular complexity index is 102. The van der Waals surface area contributed by atoms with E-state index in [4.69, 9.17) is 0 Å². The van der Waals surface area contributed by atoms with E-state index >= 15 is 0 Å². The fourth-order valence-electron chi connectivity index (χ4n) is 1.25. The summed E-state index contributed by atoms with van der Waals surface area (Å²) in [5.41, 5.74) is 0. The third-order valence-corrected chi connectivity index (χ3v) is 1.97. The first-order chi connectivity index (χ1) is 5.22. The molecule has 0 heterocycles. The Labute approximate surface area is 69.6 Å². The van der Waals surface area contributed by atoms with Crippen molar-refractivity contribution in [3.05, 3.63) is 0 Å². The normalized spacial score (nSPS) is 13.5. The highest BCUT2D eigenvalue weighted by Gasteiger charge is 2.08. The van der Waals surface area contributed by atoms with Gasteiger partial charge >= 0.3 is 0 Å². The number of hydrogen-bond acceptors (Lipinski definition) is 2. The molecular formula is C9H19NO. The van der Waals surface area contributed by atoms with Gasteiger partial charge in [-0.25, -0.2) is 0 Å². The van der Waals surface area contributed by atoms with Gasteiger partial charge in [0.25, 0.3) is 0 Å². The summed E-state index contributed by atoms with van der Waals surface area (Å²) in [7, 11) is 4.15. The van der Waals surface area contributed by atoms with E-state index in [2.05, 4.69) is 25.9 Å². The van der Waals surface area contributed by atoms with Crippen LogP contribution in [0.4, 0.5) is 0 Å². The van der Waals surface area contributed by atoms with Gasteiger partial charge in [-0.2, -0.15) is 0 Å². The smallest absolute Gasteiger partial charge is 0.120 e. The minimum absolute atomic E-state index is 0.588. The van der Waals surface area contributed by atoms with Crippen molar-refractivity contribution in [2.75, 3.05) is 14.1 Å². The lowest BCUT2D eigenvalue weighted by molar-refractivity contribution is -0.108. The molecule has 2 nitrogen and oxygen atoms in total. The molecule has 0 saturated carbocycles. The monoisotopic (exact) mass is 157 g/mol. The quantitative estimate of drug-likeness (QED) is 0.547. The van der Waals surface area contributed by atoms with Crippen molar-refractivity contribution in [1.29, 1.82) is 0 Å². The molecule has 0 aromatic heterocycles. The summed E-state index contributed by atoms with van der Waals surface area (Å²) in [5, 5.41) is 0. The van der Waals surface area contributed by atoms with E-state index in [1.165, 1.54) is 12.8 Å². The topological polar surface area (TPSA) is 20.3 Å². The Morgan fingerprint density at radius 1 is 1.36 bits per heavy atom. The fraction of sp³-hybridized carbons (Fsp3) is 0.889. The van der Waals surface area contributed by atoms with Crippen LogP contribution in [0.25, 0.3) is 0 Å². The molecule has 0 aromatic carbocycles. The number of carbonyl (C=O) groups excluding carboxylic acids is 1. The number of rotatable bonds is 6. The highest BCUT2D eigenvalue weighted by molar-refractivity contribution is 5.49. The van der Waals surface area contributed by atoms with E-state index in [0.717, 1.165) is 12.7 Å². The Morgan fingerprint density at radius 3 is 2.36 bits per heavy atom. The molecule has 2 heteroatoms. The first kappa shape index (κ1) is 10.6. The van der Waals surface area contributed by atoms with Gasteiger partial charge in [-0.3, -0.25) is 0 Å². The van der Waals surface area contributed by atoms with Gasteiger partial charge in [0.1, 0.15) is 6.29 Å². The highest BCUT2D eigenvalue weighted by Crippen LogP contribution is 2.08. The van der Waals surface area contributed by atoms with Gasteiger partial charge in [0.2, 0.25) is 0 Å². The summed E-state index contributed by atoms with van der Waals surface area (Å²) in [6, 6.07) is 0.588. The summed E-state index contributed by atoms with van der Waals surface area (Å²) in [6.45, 7) is 2.18. The van der Waals surface area contributed by atoms with Crippen LogP contribution in [0.3, 0.4) is 0 Å². The van der Waals surface area contributed by atoms with Crippen LogP contribution in [-0.4, -0.2) is 31.3 Å². The number of nitrogens with zero attached hydrogens (tertiary/aromatic N) is 1. The number of aldehydes is 1. The largest absolute Gasteiger partial charge is 0.306 e. The fourth-order valence-corrected chi connectivity index (χ4v) is 1.25. The molecule has 0 saturated heterocycles. The molecule has 0 aliphatic heterocycles. The van der Waals surface area contributed by atoms with Crippen molar-refractivity contribution in [2.24, 2.45) is 0 Å². The Balaban J connectivity index is 3.59. The van der Waals surface area contributed by atoms with E-state index in [-0.39, 0.29) is 0 Å². The molecule has 0 rings (SSSR count). The summed E-state index contributed by atoms with van der Waals surface area (Å²) >= 11 is 0. The van der Waals surface area contributed by atoms with Gasteiger partial charge < -0.3 is 9.69 Å². The second kappa shape index (κ2) is 6.35. The molecule has 1 unspecified atom stereocenters. The maximum atomic E-state index is 10.1. The maximum absolute atomic E-state index is 10.1. The Kier molecular flexibility index (Phi) is 6.13. The zero-order chi connectivity index (χ0) is 8.69. The molecule has 11 heavy (non-hydrogen) atoms. The van der Waals surface area contributed by atoms with E-state index < -0.39 is 0 Å². The van der Waals surface area contributed by atoms with Crippen LogP contribution < -0.4 is 0 Å². The molecule has 0 amide bonds. The SMILES string of the molecule is CCCC(CCC=O)N(C)C. The Hall–Kier alpha value is -0.370. The van der Waals surface area contributed by atoms with Crippen LogP contribution in [0.2, 0.25) is 0 Å². The van der Waals surface area contributed by atoms with Crippen molar-refractivity contribution in [3.63, 3.8) is 0 Å². The summed E-state index contributed by atoms with van der Waals surface area (Å²) in [5.74, 6) is 0. The van der Waals surface area contributed by atoms with Crippen molar-refractivity contribution in [2.45, 2.75) is 38.6 Å². The molecule has 0 aliphatic rings. The summed E-state index contributed by atoms with van der Waals surface area (Å²) in [6.07, 6.45) is 5.10. The van der Waals surface area contributed by atoms with Crippen LogP contribution in [0.1, 0.15) is 32.6 Å². The van der Waals surface area contributed by atoms with Crippen LogP contribution in [0, 0.1) is 0 Å². The lowest BCUT2D eigenvalue weighted by Gasteiger charge is -2.22. The standard InChI is InChI=1S/C9H19NO/c1-4-6-9(10(2)3)7-5-8-11/h8-9H,4-7H2,1-3H3. The van der Waals surface area contributed by atoms with Crippen molar-refractivity contribution < 1.29 is 4.79 Å². The van der Waals surface area contributed by atoms with Gasteiger partial charge in [0.05, 0.1) is 0 Å². The predicted molar refractivity (Wildman–Crippen MR) is 47.7 cm³/mol. The van der Waals surface area contributed by atoms with Crippen LogP contribution in [-0.2, 0) is 4.79 Å². The lowest BCUT2D eigenvalue weighted by atomic mass is 10.1. The first-order valence-corrected chi connectivity index (χ1v) is 4.32. The first-order valence-electron chi connectivity index (χ1n) is 4.32. The molecule has 1 atom stereocenters. The molecule has 0 bridgehead atoms. The molecule has 0 spiro atoms. The third kappa shape index (κ3) is 4.96. The highest BCUT2D eigenvalue weighted by atomic mass is 16.1. The zero-order valence-corrected chi connectivity index (χ0v) is 7.84. The van der Waals surface area contributed by atoms with Crippen molar-refractivity contribution in [3.8, 4) is 0 Å². The average molecular weight is 157 g/mol. The molecule has 0 radical (unpaired) electrons. The van der Waals surface area contributed by atoms with Crippen molar-refractivity contribution >= 4 is 6.29 Å². The van der Waals surface area contributed by atoms with Crippen molar-refractivity contribution in [1.82, 2.24) is 4.90 Å². The average Bonchev–Trinajstić information content (AvgIpc) is 1.97. The van der Waals surface area contributed by atoms with E-state index in [0.29, 0.717) is 12.5 Å². The molecule has 0 aromatic rings. The van der Waals surface area contributed by atoms with Crippen LogP contribution >= 0.6 is 0 Å².